The summed E-state index contributed by atoms with van der Waals surface area (Å²) in [7, 11) is -3.62. The van der Waals surface area contributed by atoms with Gasteiger partial charge in [-0.1, -0.05) is 5.16 Å². The van der Waals surface area contributed by atoms with Crippen LogP contribution in [0.4, 0.5) is 5.69 Å². The van der Waals surface area contributed by atoms with Gasteiger partial charge in [0.15, 0.2) is 0 Å². The van der Waals surface area contributed by atoms with Crippen molar-refractivity contribution in [1.29, 1.82) is 0 Å². The standard InChI is InChI=1S/C11H15N3O3S/c1-8-11(2,7-17-13-8)14-18(15,16)10-5-3-9(12)4-6-10/h3-6,14H,7,12H2,1-2H3. The zero-order chi connectivity index (χ0) is 13.4. The molecule has 6 nitrogen and oxygen atoms in total. The average molecular weight is 269 g/mol. The maximum absolute atomic E-state index is 12.2. The maximum atomic E-state index is 12.2. The summed E-state index contributed by atoms with van der Waals surface area (Å²) in [5.74, 6) is 0. The number of hydrogen-bond acceptors (Lipinski definition) is 5. The lowest BCUT2D eigenvalue weighted by Crippen LogP contribution is -2.51. The van der Waals surface area contributed by atoms with E-state index in [0.29, 0.717) is 11.4 Å². The van der Waals surface area contributed by atoms with Crippen LogP contribution in [-0.4, -0.2) is 26.3 Å². The minimum absolute atomic E-state index is 0.164. The first-order valence-corrected chi connectivity index (χ1v) is 6.88. The van der Waals surface area contributed by atoms with Crippen LogP contribution in [0.1, 0.15) is 13.8 Å². The minimum atomic E-state index is -3.62. The molecule has 0 aromatic heterocycles. The summed E-state index contributed by atoms with van der Waals surface area (Å²) in [4.78, 5) is 5.08. The van der Waals surface area contributed by atoms with Gasteiger partial charge in [-0.2, -0.15) is 4.72 Å². The predicted octanol–water partition coefficient (Wildman–Crippen LogP) is 0.712. The third kappa shape index (κ3) is 2.32. The molecule has 1 aliphatic heterocycles. The van der Waals surface area contributed by atoms with E-state index in [-0.39, 0.29) is 11.5 Å². The lowest BCUT2D eigenvalue weighted by molar-refractivity contribution is 0.145. The van der Waals surface area contributed by atoms with Crippen LogP contribution in [0.5, 0.6) is 0 Å². The molecule has 1 aromatic carbocycles. The van der Waals surface area contributed by atoms with E-state index in [2.05, 4.69) is 9.88 Å². The lowest BCUT2D eigenvalue weighted by atomic mass is 10.0. The number of rotatable bonds is 3. The van der Waals surface area contributed by atoms with Crippen LogP contribution in [0, 0.1) is 0 Å². The fraction of sp³-hybridized carbons (Fsp3) is 0.364. The summed E-state index contributed by atoms with van der Waals surface area (Å²) in [5, 5.41) is 3.75. The van der Waals surface area contributed by atoms with Gasteiger partial charge in [-0.15, -0.1) is 0 Å². The number of oxime groups is 1. The highest BCUT2D eigenvalue weighted by molar-refractivity contribution is 7.89. The first-order chi connectivity index (χ1) is 8.33. The second-order valence-electron chi connectivity index (χ2n) is 4.46. The number of nitrogens with one attached hydrogen (secondary N) is 1. The number of sulfonamides is 1. The first kappa shape index (κ1) is 12.8. The summed E-state index contributed by atoms with van der Waals surface area (Å²) in [6.07, 6.45) is 0. The van der Waals surface area contributed by atoms with Crippen molar-refractivity contribution in [3.63, 3.8) is 0 Å². The predicted molar refractivity (Wildman–Crippen MR) is 68.6 cm³/mol. The molecule has 18 heavy (non-hydrogen) atoms. The van der Waals surface area contributed by atoms with Crippen LogP contribution in [0.3, 0.4) is 0 Å². The van der Waals surface area contributed by atoms with Gasteiger partial charge in [0.25, 0.3) is 0 Å². The molecular formula is C11H15N3O3S. The second kappa shape index (κ2) is 4.25. The average Bonchev–Trinajstić information content (AvgIpc) is 2.58. The zero-order valence-electron chi connectivity index (χ0n) is 10.2. The smallest absolute Gasteiger partial charge is 0.241 e. The summed E-state index contributed by atoms with van der Waals surface area (Å²) >= 11 is 0. The van der Waals surface area contributed by atoms with Gasteiger partial charge in [-0.05, 0) is 38.1 Å². The summed E-state index contributed by atoms with van der Waals surface area (Å²) in [5.41, 5.74) is 5.84. The Hall–Kier alpha value is -1.60. The van der Waals surface area contributed by atoms with Crippen molar-refractivity contribution in [2.75, 3.05) is 12.3 Å². The molecule has 0 aliphatic carbocycles. The molecule has 1 unspecified atom stereocenters. The third-order valence-corrected chi connectivity index (χ3v) is 4.52. The number of nitrogens with zero attached hydrogens (tertiary/aromatic N) is 1. The molecule has 0 fully saturated rings. The largest absolute Gasteiger partial charge is 0.399 e. The Morgan fingerprint density at radius 2 is 2.00 bits per heavy atom. The Kier molecular flexibility index (Phi) is 3.04. The molecule has 0 radical (unpaired) electrons. The van der Waals surface area contributed by atoms with Gasteiger partial charge in [-0.25, -0.2) is 8.42 Å². The van der Waals surface area contributed by atoms with E-state index in [1.165, 1.54) is 12.1 Å². The number of benzene rings is 1. The monoisotopic (exact) mass is 269 g/mol. The number of hydrogen-bond donors (Lipinski definition) is 2. The zero-order valence-corrected chi connectivity index (χ0v) is 11.0. The molecule has 1 atom stereocenters. The van der Waals surface area contributed by atoms with E-state index in [1.54, 1.807) is 26.0 Å². The number of nitrogen functional groups attached to an aromatic ring is 1. The molecule has 2 rings (SSSR count). The van der Waals surface area contributed by atoms with Crippen LogP contribution in [0.15, 0.2) is 34.3 Å². The summed E-state index contributed by atoms with van der Waals surface area (Å²) < 4.78 is 27.0. The fourth-order valence-electron chi connectivity index (χ4n) is 1.57. The highest BCUT2D eigenvalue weighted by Crippen LogP contribution is 2.20. The van der Waals surface area contributed by atoms with E-state index < -0.39 is 15.6 Å². The maximum Gasteiger partial charge on any atom is 0.241 e. The van der Waals surface area contributed by atoms with Gasteiger partial charge in [-0.3, -0.25) is 0 Å². The van der Waals surface area contributed by atoms with Crippen LogP contribution < -0.4 is 10.5 Å². The number of nitrogens with two attached hydrogens (primary N) is 1. The normalized spacial score (nSPS) is 23.6. The fourth-order valence-corrected chi connectivity index (χ4v) is 2.98. The molecule has 1 heterocycles. The molecular weight excluding hydrogens is 254 g/mol. The van der Waals surface area contributed by atoms with Crippen molar-refractivity contribution in [2.24, 2.45) is 5.16 Å². The van der Waals surface area contributed by atoms with Crippen LogP contribution in [0.25, 0.3) is 0 Å². The quantitative estimate of drug-likeness (QED) is 0.790. The van der Waals surface area contributed by atoms with E-state index >= 15 is 0 Å². The molecule has 0 saturated heterocycles. The summed E-state index contributed by atoms with van der Waals surface area (Å²) in [6, 6.07) is 6.01. The van der Waals surface area contributed by atoms with Crippen molar-refractivity contribution in [3.8, 4) is 0 Å². The van der Waals surface area contributed by atoms with E-state index in [9.17, 15) is 8.42 Å². The molecule has 0 saturated carbocycles. The Balaban J connectivity index is 2.28. The van der Waals surface area contributed by atoms with Crippen LogP contribution >= 0.6 is 0 Å². The Bertz CT molecular complexity index is 580. The molecule has 0 spiro atoms. The van der Waals surface area contributed by atoms with Gasteiger partial charge in [0, 0.05) is 5.69 Å². The van der Waals surface area contributed by atoms with Gasteiger partial charge >= 0.3 is 0 Å². The molecule has 3 N–H and O–H groups in total. The topological polar surface area (TPSA) is 93.8 Å². The van der Waals surface area contributed by atoms with Crippen LogP contribution in [0.2, 0.25) is 0 Å². The van der Waals surface area contributed by atoms with E-state index in [1.807, 2.05) is 0 Å². The molecule has 1 aliphatic rings. The highest BCUT2D eigenvalue weighted by atomic mass is 32.2. The Labute approximate surface area is 106 Å². The summed E-state index contributed by atoms with van der Waals surface area (Å²) in [6.45, 7) is 3.64. The highest BCUT2D eigenvalue weighted by Gasteiger charge is 2.38. The SMILES string of the molecule is CC1=NOCC1(C)NS(=O)(=O)c1ccc(N)cc1. The molecule has 7 heteroatoms. The number of anilines is 1. The van der Waals surface area contributed by atoms with Crippen LogP contribution in [-0.2, 0) is 14.9 Å². The van der Waals surface area contributed by atoms with Gasteiger partial charge in [0.2, 0.25) is 10.0 Å². The lowest BCUT2D eigenvalue weighted by Gasteiger charge is -2.23. The van der Waals surface area contributed by atoms with Gasteiger partial charge in [0.1, 0.15) is 12.1 Å². The molecule has 0 bridgehead atoms. The van der Waals surface area contributed by atoms with Crippen molar-refractivity contribution in [2.45, 2.75) is 24.3 Å². The third-order valence-electron chi connectivity index (χ3n) is 2.90. The minimum Gasteiger partial charge on any atom is -0.399 e. The van der Waals surface area contributed by atoms with E-state index in [0.717, 1.165) is 0 Å². The van der Waals surface area contributed by atoms with Crippen molar-refractivity contribution in [1.82, 2.24) is 4.72 Å². The molecule has 1 aromatic rings. The van der Waals surface area contributed by atoms with E-state index in [4.69, 9.17) is 10.6 Å². The second-order valence-corrected chi connectivity index (χ2v) is 6.14. The van der Waals surface area contributed by atoms with Gasteiger partial charge in [0.05, 0.1) is 10.6 Å². The Morgan fingerprint density at radius 1 is 1.39 bits per heavy atom. The van der Waals surface area contributed by atoms with Crippen molar-refractivity contribution in [3.05, 3.63) is 24.3 Å². The molecule has 0 amide bonds. The first-order valence-electron chi connectivity index (χ1n) is 5.40. The van der Waals surface area contributed by atoms with Gasteiger partial charge < -0.3 is 10.6 Å². The Morgan fingerprint density at radius 3 is 2.50 bits per heavy atom. The van der Waals surface area contributed by atoms with Crippen molar-refractivity contribution < 1.29 is 13.3 Å². The molecule has 98 valence electrons. The van der Waals surface area contributed by atoms with Crippen molar-refractivity contribution >= 4 is 21.4 Å².